The molecule has 1 amide bonds. The Morgan fingerprint density at radius 2 is 1.72 bits per heavy atom. The third-order valence-corrected chi connectivity index (χ3v) is 8.69. The summed E-state index contributed by atoms with van der Waals surface area (Å²) in [6.07, 6.45) is 8.33. The summed E-state index contributed by atoms with van der Waals surface area (Å²) in [5, 5.41) is 0. The number of anilines is 1. The molecule has 4 bridgehead atoms. The van der Waals surface area contributed by atoms with Crippen LogP contribution in [-0.2, 0) is 17.8 Å². The molecule has 4 aliphatic carbocycles. The Kier molecular flexibility index (Phi) is 4.78. The van der Waals surface area contributed by atoms with Crippen molar-refractivity contribution in [3.63, 3.8) is 0 Å². The lowest BCUT2D eigenvalue weighted by atomic mass is 9.49. The van der Waals surface area contributed by atoms with Gasteiger partial charge in [-0.25, -0.2) is 9.97 Å². The topological polar surface area (TPSA) is 49.3 Å². The Labute approximate surface area is 191 Å². The van der Waals surface area contributed by atoms with Crippen molar-refractivity contribution in [3.05, 3.63) is 41.6 Å². The number of hydrogen-bond donors (Lipinski definition) is 0. The molecule has 7 rings (SSSR count). The van der Waals surface area contributed by atoms with Crippen LogP contribution in [0.3, 0.4) is 0 Å². The van der Waals surface area contributed by atoms with E-state index in [2.05, 4.69) is 35.9 Å². The van der Waals surface area contributed by atoms with Crippen LogP contribution in [0, 0.1) is 23.2 Å². The maximum atomic E-state index is 14.0. The Morgan fingerprint density at radius 1 is 1.06 bits per heavy atom. The SMILES string of the molecule is CCN(C)c1nc(-c2ccccc2)nc2c1CN(C(=O)C13CC4CC(CC(C4)C1)C3)CC2. The lowest BCUT2D eigenvalue weighted by molar-refractivity contribution is -0.158. The molecule has 168 valence electrons. The lowest BCUT2D eigenvalue weighted by Gasteiger charge is -2.56. The smallest absolute Gasteiger partial charge is 0.229 e. The first-order valence-electron chi connectivity index (χ1n) is 12.5. The van der Waals surface area contributed by atoms with Crippen LogP contribution in [0.15, 0.2) is 30.3 Å². The number of aromatic nitrogens is 2. The third kappa shape index (κ3) is 3.23. The molecule has 2 aromatic rings. The zero-order chi connectivity index (χ0) is 21.9. The fourth-order valence-electron chi connectivity index (χ4n) is 7.46. The van der Waals surface area contributed by atoms with Crippen LogP contribution in [0.5, 0.6) is 0 Å². The van der Waals surface area contributed by atoms with Gasteiger partial charge in [-0.15, -0.1) is 0 Å². The van der Waals surface area contributed by atoms with E-state index in [1.165, 1.54) is 19.3 Å². The third-order valence-electron chi connectivity index (χ3n) is 8.69. The quantitative estimate of drug-likeness (QED) is 0.705. The van der Waals surface area contributed by atoms with Gasteiger partial charge in [0, 0.05) is 37.7 Å². The normalized spacial score (nSPS) is 30.3. The van der Waals surface area contributed by atoms with E-state index in [4.69, 9.17) is 9.97 Å². The largest absolute Gasteiger partial charge is 0.360 e. The van der Waals surface area contributed by atoms with Gasteiger partial charge in [-0.1, -0.05) is 30.3 Å². The molecule has 5 nitrogen and oxygen atoms in total. The van der Waals surface area contributed by atoms with Crippen LogP contribution in [0.4, 0.5) is 5.82 Å². The number of benzene rings is 1. The second-order valence-corrected chi connectivity index (χ2v) is 10.9. The summed E-state index contributed by atoms with van der Waals surface area (Å²) in [6.45, 7) is 4.47. The molecule has 0 atom stereocenters. The molecule has 5 heteroatoms. The predicted octanol–water partition coefficient (Wildman–Crippen LogP) is 4.70. The van der Waals surface area contributed by atoms with E-state index in [1.54, 1.807) is 0 Å². The van der Waals surface area contributed by atoms with Gasteiger partial charge < -0.3 is 9.80 Å². The first-order chi connectivity index (χ1) is 15.5. The number of fused-ring (bicyclic) bond motifs is 1. The first-order valence-corrected chi connectivity index (χ1v) is 12.5. The van der Waals surface area contributed by atoms with Crippen LogP contribution >= 0.6 is 0 Å². The van der Waals surface area contributed by atoms with Crippen molar-refractivity contribution in [1.29, 1.82) is 0 Å². The van der Waals surface area contributed by atoms with Crippen molar-refractivity contribution in [2.24, 2.45) is 23.2 Å². The van der Waals surface area contributed by atoms with E-state index in [-0.39, 0.29) is 5.41 Å². The van der Waals surface area contributed by atoms with Gasteiger partial charge in [-0.05, 0) is 63.2 Å². The van der Waals surface area contributed by atoms with Crippen molar-refractivity contribution in [2.75, 3.05) is 25.0 Å². The van der Waals surface area contributed by atoms with E-state index < -0.39 is 0 Å². The maximum absolute atomic E-state index is 14.0. The molecule has 2 heterocycles. The summed E-state index contributed by atoms with van der Waals surface area (Å²) in [5.41, 5.74) is 3.24. The molecule has 0 saturated heterocycles. The average molecular weight is 431 g/mol. The van der Waals surface area contributed by atoms with Crippen molar-refractivity contribution in [2.45, 2.75) is 58.4 Å². The minimum absolute atomic E-state index is 0.0755. The Morgan fingerprint density at radius 3 is 2.34 bits per heavy atom. The molecular formula is C27H34N4O. The van der Waals surface area contributed by atoms with Gasteiger partial charge in [0.25, 0.3) is 0 Å². The Hall–Kier alpha value is -2.43. The van der Waals surface area contributed by atoms with Crippen molar-refractivity contribution in [1.82, 2.24) is 14.9 Å². The van der Waals surface area contributed by atoms with Gasteiger partial charge in [-0.2, -0.15) is 0 Å². The van der Waals surface area contributed by atoms with Crippen molar-refractivity contribution >= 4 is 11.7 Å². The van der Waals surface area contributed by atoms with Crippen molar-refractivity contribution < 1.29 is 4.79 Å². The minimum Gasteiger partial charge on any atom is -0.360 e. The fourth-order valence-corrected chi connectivity index (χ4v) is 7.46. The summed E-state index contributed by atoms with van der Waals surface area (Å²) in [4.78, 5) is 28.3. The van der Waals surface area contributed by atoms with Crippen LogP contribution in [-0.4, -0.2) is 40.9 Å². The molecule has 1 aromatic heterocycles. The summed E-state index contributed by atoms with van der Waals surface area (Å²) in [6, 6.07) is 10.2. The van der Waals surface area contributed by atoms with E-state index in [0.29, 0.717) is 12.5 Å². The molecule has 0 unspecified atom stereocenters. The highest BCUT2D eigenvalue weighted by Crippen LogP contribution is 2.60. The lowest BCUT2D eigenvalue weighted by Crippen LogP contribution is -2.55. The number of carbonyl (C=O) groups is 1. The molecule has 0 radical (unpaired) electrons. The number of hydrogen-bond acceptors (Lipinski definition) is 4. The number of rotatable bonds is 4. The molecule has 1 aliphatic heterocycles. The summed E-state index contributed by atoms with van der Waals surface area (Å²) in [5.74, 6) is 4.59. The molecular weight excluding hydrogens is 396 g/mol. The highest BCUT2D eigenvalue weighted by atomic mass is 16.2. The second kappa shape index (κ2) is 7.57. The highest BCUT2D eigenvalue weighted by molar-refractivity contribution is 5.84. The summed E-state index contributed by atoms with van der Waals surface area (Å²) in [7, 11) is 2.09. The van der Waals surface area contributed by atoms with Crippen LogP contribution in [0.2, 0.25) is 0 Å². The van der Waals surface area contributed by atoms with E-state index in [0.717, 1.165) is 85.0 Å². The monoisotopic (exact) mass is 430 g/mol. The van der Waals surface area contributed by atoms with Gasteiger partial charge in [0.1, 0.15) is 5.82 Å². The van der Waals surface area contributed by atoms with E-state index in [1.807, 2.05) is 18.2 Å². The van der Waals surface area contributed by atoms with Gasteiger partial charge in [0.05, 0.1) is 17.7 Å². The fraction of sp³-hybridized carbons (Fsp3) is 0.593. The van der Waals surface area contributed by atoms with Gasteiger partial charge in [0.15, 0.2) is 5.82 Å². The predicted molar refractivity (Wildman–Crippen MR) is 126 cm³/mol. The molecule has 5 aliphatic rings. The van der Waals surface area contributed by atoms with Crippen LogP contribution in [0.1, 0.15) is 56.7 Å². The molecule has 4 fully saturated rings. The zero-order valence-electron chi connectivity index (χ0n) is 19.4. The molecule has 4 saturated carbocycles. The highest BCUT2D eigenvalue weighted by Gasteiger charge is 2.55. The summed E-state index contributed by atoms with van der Waals surface area (Å²) >= 11 is 0. The standard InChI is InChI=1S/C27H34N4O/c1-3-30(2)25-22-17-31(10-9-23(22)28-24(29-25)21-7-5-4-6-8-21)26(32)27-14-18-11-19(15-27)13-20(12-18)16-27/h4-8,18-20H,3,9-17H2,1-2H3. The first kappa shape index (κ1) is 20.2. The molecule has 0 spiro atoms. The molecule has 0 N–H and O–H groups in total. The van der Waals surface area contributed by atoms with Crippen LogP contribution < -0.4 is 4.90 Å². The van der Waals surface area contributed by atoms with Gasteiger partial charge in [0.2, 0.25) is 5.91 Å². The zero-order valence-corrected chi connectivity index (χ0v) is 19.4. The molecule has 1 aromatic carbocycles. The summed E-state index contributed by atoms with van der Waals surface area (Å²) < 4.78 is 0. The Bertz CT molecular complexity index is 998. The number of carbonyl (C=O) groups excluding carboxylic acids is 1. The molecule has 32 heavy (non-hydrogen) atoms. The van der Waals surface area contributed by atoms with E-state index >= 15 is 0 Å². The number of nitrogens with zero attached hydrogens (tertiary/aromatic N) is 4. The van der Waals surface area contributed by atoms with Gasteiger partial charge >= 0.3 is 0 Å². The van der Waals surface area contributed by atoms with E-state index in [9.17, 15) is 4.79 Å². The van der Waals surface area contributed by atoms with Crippen molar-refractivity contribution in [3.8, 4) is 11.4 Å². The minimum atomic E-state index is -0.0755. The Balaban J connectivity index is 1.32. The van der Waals surface area contributed by atoms with Crippen LogP contribution in [0.25, 0.3) is 11.4 Å². The average Bonchev–Trinajstić information content (AvgIpc) is 2.81. The maximum Gasteiger partial charge on any atom is 0.229 e. The number of amides is 1. The second-order valence-electron chi connectivity index (χ2n) is 10.9. The van der Waals surface area contributed by atoms with Gasteiger partial charge in [-0.3, -0.25) is 4.79 Å².